The fraction of sp³-hybridized carbons (Fsp3) is 0.471. The van der Waals surface area contributed by atoms with Gasteiger partial charge in [0.05, 0.1) is 0 Å². The molecule has 0 radical (unpaired) electrons. The molecule has 0 aromatic carbocycles. The standard InChI is InChI=1S/C34H44S4/c1-5-9-13-25-17-21-29(35-25)33(30-22-18-26(36-30)14-10-6-2)34(31-23-19-27(37-31)15-11-7-3)32-24-20-28(38-32)16-12-8-4/h17-24H,5-16H2,1-4H3. The summed E-state index contributed by atoms with van der Waals surface area (Å²) in [7, 11) is 0. The minimum Gasteiger partial charge on any atom is -0.140 e. The number of aryl methyl sites for hydroxylation is 4. The third-order valence-corrected chi connectivity index (χ3v) is 11.6. The first-order valence-corrected chi connectivity index (χ1v) is 18.0. The Morgan fingerprint density at radius 3 is 0.842 bits per heavy atom. The summed E-state index contributed by atoms with van der Waals surface area (Å²) in [5.74, 6) is 0. The van der Waals surface area contributed by atoms with E-state index in [1.807, 2.05) is 45.3 Å². The first kappa shape index (κ1) is 29.5. The topological polar surface area (TPSA) is 0 Å². The van der Waals surface area contributed by atoms with Gasteiger partial charge in [0.2, 0.25) is 0 Å². The summed E-state index contributed by atoms with van der Waals surface area (Å²) >= 11 is 8.08. The average molecular weight is 581 g/mol. The van der Waals surface area contributed by atoms with E-state index >= 15 is 0 Å². The van der Waals surface area contributed by atoms with E-state index in [1.165, 1.54) is 127 Å². The molecule has 0 atom stereocenters. The van der Waals surface area contributed by atoms with Crippen molar-refractivity contribution in [3.05, 3.63) is 87.5 Å². The highest BCUT2D eigenvalue weighted by Crippen LogP contribution is 2.45. The predicted octanol–water partition coefficient (Wildman–Crippen LogP) is 12.3. The predicted molar refractivity (Wildman–Crippen MR) is 177 cm³/mol. The fourth-order valence-electron chi connectivity index (χ4n) is 4.73. The Balaban J connectivity index is 1.88. The minimum absolute atomic E-state index is 1.19. The first-order chi connectivity index (χ1) is 18.7. The van der Waals surface area contributed by atoms with Gasteiger partial charge >= 0.3 is 0 Å². The van der Waals surface area contributed by atoms with Crippen LogP contribution in [0.4, 0.5) is 0 Å². The lowest BCUT2D eigenvalue weighted by Gasteiger charge is -2.12. The van der Waals surface area contributed by atoms with Crippen LogP contribution < -0.4 is 0 Å². The van der Waals surface area contributed by atoms with E-state index in [0.717, 1.165) is 0 Å². The van der Waals surface area contributed by atoms with Crippen LogP contribution in [-0.4, -0.2) is 0 Å². The molecule has 0 saturated carbocycles. The molecule has 0 aliphatic heterocycles. The second-order valence-electron chi connectivity index (χ2n) is 10.2. The van der Waals surface area contributed by atoms with Gasteiger partial charge in [-0.25, -0.2) is 0 Å². The first-order valence-electron chi connectivity index (χ1n) is 14.8. The van der Waals surface area contributed by atoms with Gasteiger partial charge in [-0.15, -0.1) is 45.3 Å². The second-order valence-corrected chi connectivity index (χ2v) is 14.9. The zero-order chi connectivity index (χ0) is 26.7. The highest BCUT2D eigenvalue weighted by molar-refractivity contribution is 7.18. The highest BCUT2D eigenvalue weighted by atomic mass is 32.1. The summed E-state index contributed by atoms with van der Waals surface area (Å²) in [4.78, 5) is 11.8. The molecule has 4 heteroatoms. The Hall–Kier alpha value is -1.46. The van der Waals surface area contributed by atoms with Crippen molar-refractivity contribution in [1.82, 2.24) is 0 Å². The quantitative estimate of drug-likeness (QED) is 0.124. The van der Waals surface area contributed by atoms with E-state index < -0.39 is 0 Å². The van der Waals surface area contributed by atoms with Crippen molar-refractivity contribution in [3.63, 3.8) is 0 Å². The molecular formula is C34H44S4. The van der Waals surface area contributed by atoms with Crippen molar-refractivity contribution in [1.29, 1.82) is 0 Å². The summed E-state index contributed by atoms with van der Waals surface area (Å²) < 4.78 is 0. The molecule has 0 amide bonds. The molecule has 0 bridgehead atoms. The molecule has 0 aliphatic rings. The van der Waals surface area contributed by atoms with E-state index in [4.69, 9.17) is 0 Å². The number of unbranched alkanes of at least 4 members (excludes halogenated alkanes) is 4. The van der Waals surface area contributed by atoms with E-state index in [9.17, 15) is 0 Å². The average Bonchev–Trinajstić information content (AvgIpc) is 3.74. The molecular weight excluding hydrogens is 537 g/mol. The van der Waals surface area contributed by atoms with Crippen molar-refractivity contribution >= 4 is 56.5 Å². The molecule has 0 unspecified atom stereocenters. The van der Waals surface area contributed by atoms with Crippen LogP contribution in [0.15, 0.2) is 48.5 Å². The number of hydrogen-bond acceptors (Lipinski definition) is 4. The van der Waals surface area contributed by atoms with Gasteiger partial charge in [-0.1, -0.05) is 53.4 Å². The van der Waals surface area contributed by atoms with Crippen molar-refractivity contribution in [2.45, 2.75) is 105 Å². The van der Waals surface area contributed by atoms with Gasteiger partial charge in [0.15, 0.2) is 0 Å². The second kappa shape index (κ2) is 15.4. The van der Waals surface area contributed by atoms with Crippen molar-refractivity contribution in [3.8, 4) is 0 Å². The largest absolute Gasteiger partial charge is 0.140 e. The normalized spacial score (nSPS) is 11.4. The monoisotopic (exact) mass is 580 g/mol. The van der Waals surface area contributed by atoms with Gasteiger partial charge in [0.25, 0.3) is 0 Å². The third-order valence-electron chi connectivity index (χ3n) is 6.99. The molecule has 0 N–H and O–H groups in total. The van der Waals surface area contributed by atoms with Crippen LogP contribution in [0.3, 0.4) is 0 Å². The Labute approximate surface area is 247 Å². The van der Waals surface area contributed by atoms with Crippen molar-refractivity contribution in [2.24, 2.45) is 0 Å². The molecule has 0 saturated heterocycles. The molecule has 4 heterocycles. The Bertz CT molecular complexity index is 1080. The van der Waals surface area contributed by atoms with Crippen molar-refractivity contribution in [2.75, 3.05) is 0 Å². The molecule has 0 spiro atoms. The Morgan fingerprint density at radius 1 is 0.395 bits per heavy atom. The maximum atomic E-state index is 2.41. The molecule has 4 rings (SSSR count). The lowest BCUT2D eigenvalue weighted by molar-refractivity contribution is 0.804. The lowest BCUT2D eigenvalue weighted by atomic mass is 10.0. The SMILES string of the molecule is CCCCc1ccc(C(=C(c2ccc(CCCC)s2)c2ccc(CCCC)s2)c2ccc(CCCC)s2)s1. The van der Waals surface area contributed by atoms with Crippen molar-refractivity contribution < 1.29 is 0 Å². The van der Waals surface area contributed by atoms with Gasteiger partial charge in [-0.2, -0.15) is 0 Å². The Morgan fingerprint density at radius 2 is 0.632 bits per heavy atom. The van der Waals surface area contributed by atoms with Crippen LogP contribution in [0, 0.1) is 0 Å². The van der Waals surface area contributed by atoms with Crippen LogP contribution in [-0.2, 0) is 25.7 Å². The summed E-state index contributed by atoms with van der Waals surface area (Å²) in [6.45, 7) is 9.17. The van der Waals surface area contributed by atoms with Gasteiger partial charge < -0.3 is 0 Å². The molecule has 4 aromatic rings. The molecule has 4 aromatic heterocycles. The number of rotatable bonds is 16. The summed E-state index contributed by atoms with van der Waals surface area (Å²) in [5, 5.41) is 0. The molecule has 0 aliphatic carbocycles. The van der Waals surface area contributed by atoms with Crippen LogP contribution in [0.2, 0.25) is 0 Å². The zero-order valence-electron chi connectivity index (χ0n) is 23.7. The van der Waals surface area contributed by atoms with Gasteiger partial charge in [-0.3, -0.25) is 0 Å². The lowest BCUT2D eigenvalue weighted by Crippen LogP contribution is -1.90. The van der Waals surface area contributed by atoms with E-state index in [1.54, 1.807) is 0 Å². The van der Waals surface area contributed by atoms with Crippen LogP contribution in [0.25, 0.3) is 11.1 Å². The Kier molecular flexibility index (Phi) is 11.9. The smallest absolute Gasteiger partial charge is 0.0366 e. The van der Waals surface area contributed by atoms with Gasteiger partial charge in [0.1, 0.15) is 0 Å². The maximum Gasteiger partial charge on any atom is 0.0366 e. The third kappa shape index (κ3) is 7.81. The van der Waals surface area contributed by atoms with Crippen LogP contribution in [0.5, 0.6) is 0 Å². The minimum atomic E-state index is 1.19. The molecule has 204 valence electrons. The summed E-state index contributed by atoms with van der Waals surface area (Å²) in [5.41, 5.74) is 2.91. The van der Waals surface area contributed by atoms with E-state index in [2.05, 4.69) is 76.2 Å². The van der Waals surface area contributed by atoms with E-state index in [0.29, 0.717) is 0 Å². The highest BCUT2D eigenvalue weighted by Gasteiger charge is 2.22. The van der Waals surface area contributed by atoms with Crippen LogP contribution in [0.1, 0.15) is 118 Å². The number of thiophene rings is 4. The van der Waals surface area contributed by atoms with Gasteiger partial charge in [0, 0.05) is 50.2 Å². The molecule has 0 fully saturated rings. The summed E-state index contributed by atoms with van der Waals surface area (Å²) in [6.07, 6.45) is 14.8. The zero-order valence-corrected chi connectivity index (χ0v) is 27.0. The van der Waals surface area contributed by atoms with Gasteiger partial charge in [-0.05, 0) is 99.9 Å². The van der Waals surface area contributed by atoms with E-state index in [-0.39, 0.29) is 0 Å². The summed E-state index contributed by atoms with van der Waals surface area (Å²) in [6, 6.07) is 19.2. The molecule has 0 nitrogen and oxygen atoms in total. The maximum absolute atomic E-state index is 2.41. The fourth-order valence-corrected chi connectivity index (χ4v) is 9.32. The number of hydrogen-bond donors (Lipinski definition) is 0. The molecule has 38 heavy (non-hydrogen) atoms. The van der Waals surface area contributed by atoms with Crippen LogP contribution >= 0.6 is 45.3 Å².